The van der Waals surface area contributed by atoms with Crippen LogP contribution in [-0.4, -0.2) is 0 Å². The minimum atomic E-state index is -0.845. The molecule has 0 unspecified atom stereocenters. The van der Waals surface area contributed by atoms with Gasteiger partial charge in [-0.25, -0.2) is 0 Å². The summed E-state index contributed by atoms with van der Waals surface area (Å²) in [6.45, 7) is 18.7. The number of hydrogen-bond acceptors (Lipinski definition) is 0. The summed E-state index contributed by atoms with van der Waals surface area (Å²) in [6.07, 6.45) is 7.33. The van der Waals surface area contributed by atoms with Crippen LogP contribution in [0.1, 0.15) is 235 Å². The highest BCUT2D eigenvalue weighted by Crippen LogP contribution is 2.64. The summed E-state index contributed by atoms with van der Waals surface area (Å²) in [5.41, 5.74) is 43.7. The normalized spacial score (nSPS) is 21.1. The number of benzene rings is 16. The number of rotatable bonds is 1. The third kappa shape index (κ3) is 9.98. The van der Waals surface area contributed by atoms with Gasteiger partial charge in [0.05, 0.1) is 40.2 Å². The molecular weight excluding hydrogens is 1500 g/mol. The summed E-state index contributed by atoms with van der Waals surface area (Å²) < 4.78 is 0. The van der Waals surface area contributed by atoms with Crippen LogP contribution in [-0.2, 0) is 27.1 Å². The average Bonchev–Trinajstić information content (AvgIpc) is 0.692. The van der Waals surface area contributed by atoms with Gasteiger partial charge in [-0.05, 0) is 229 Å². The molecular formula is C125H87+. The van der Waals surface area contributed by atoms with Gasteiger partial charge >= 0.3 is 0 Å². The van der Waals surface area contributed by atoms with Gasteiger partial charge < -0.3 is 0 Å². The Morgan fingerprint density at radius 1 is 0.296 bits per heavy atom. The van der Waals surface area contributed by atoms with Crippen LogP contribution in [0, 0.1) is 46.9 Å². The van der Waals surface area contributed by atoms with Crippen LogP contribution in [0.25, 0.3) is 38.6 Å². The van der Waals surface area contributed by atoms with Gasteiger partial charge in [-0.2, -0.15) is 0 Å². The first-order valence-electron chi connectivity index (χ1n) is 44.5. The predicted octanol–water partition coefficient (Wildman–Crippen LogP) is 24.1. The minimum Gasteiger partial charge on any atom is -0.114 e. The molecule has 0 N–H and O–H groups in total. The molecule has 0 saturated heterocycles. The Kier molecular flexibility index (Phi) is 15.5. The summed E-state index contributed by atoms with van der Waals surface area (Å²) in [4.78, 5) is 0. The Bertz CT molecular complexity index is 7470. The largest absolute Gasteiger partial charge is 0.114 e. The zero-order chi connectivity index (χ0) is 83.8. The van der Waals surface area contributed by atoms with Crippen LogP contribution >= 0.6 is 0 Å². The van der Waals surface area contributed by atoms with Crippen molar-refractivity contribution in [2.75, 3.05) is 0 Å². The van der Waals surface area contributed by atoms with E-state index in [9.17, 15) is 0 Å². The standard InChI is InChI=1S/C125H87/c1-76-69-82(120(3,4)5)70-77(2)114(76)119-84-59-57-78(61-65-122-102-45-21-9-33-86(102)115(87-34-10-22-46-103(87)122)88-35-11-23-47-104(88)122)71-99(84)101(100-72-79(58-60-85(100)119)62-66-123-105-48-24-12-36-89(105)116(90-37-13-25-49-106(90)123)91-38-14-26-50-107(91)123)75-98-80(63-67-124-108-51-27-15-39-92(108)117(93-40-16-28-52-109(93)124)94-41-17-29-53-110(94)124)73-83(121(6,7)8)74-81(98)64-68-125-111-54-30-18-42-95(111)118(96-43-19-31-55-112(96)125)97-44-20-32-56-113(97)125/h9-60,67,69-74,115-118H,1-8H3/q+1. The first kappa shape index (κ1) is 73.1. The van der Waals surface area contributed by atoms with E-state index in [1.807, 2.05) is 0 Å². The number of hydrogen-bond donors (Lipinski definition) is 0. The molecule has 0 aliphatic heterocycles. The fourth-order valence-corrected chi connectivity index (χ4v) is 24.5. The van der Waals surface area contributed by atoms with Gasteiger partial charge in [0.2, 0.25) is 0 Å². The maximum Gasteiger partial charge on any atom is 0.107 e. The molecule has 125 heavy (non-hydrogen) atoms. The van der Waals surface area contributed by atoms with Crippen LogP contribution in [0.3, 0.4) is 0 Å². The highest BCUT2D eigenvalue weighted by molar-refractivity contribution is 6.05. The van der Waals surface area contributed by atoms with E-state index >= 15 is 0 Å². The summed E-state index contributed by atoms with van der Waals surface area (Å²) in [6, 6.07) is 129. The molecule has 0 fully saturated rings. The molecule has 0 spiro atoms. The van der Waals surface area contributed by atoms with Crippen molar-refractivity contribution in [3.05, 3.63) is 552 Å². The third-order valence-corrected chi connectivity index (χ3v) is 29.8. The highest BCUT2D eigenvalue weighted by Gasteiger charge is 2.55. The zero-order valence-corrected chi connectivity index (χ0v) is 71.4. The van der Waals surface area contributed by atoms with Gasteiger partial charge in [0.1, 0.15) is 16.2 Å². The molecule has 586 valence electrons. The fraction of sp³-hybridized carbons (Fsp3) is 0.144. The molecule has 0 radical (unpaired) electrons. The number of fused-ring (bicyclic) bond motifs is 2. The van der Waals surface area contributed by atoms with Crippen LogP contribution in [0.4, 0.5) is 0 Å². The van der Waals surface area contributed by atoms with E-state index < -0.39 is 21.7 Å². The van der Waals surface area contributed by atoms with Crippen LogP contribution < -0.4 is 20.9 Å². The van der Waals surface area contributed by atoms with E-state index in [-0.39, 0.29) is 34.5 Å². The topological polar surface area (TPSA) is 0 Å². The number of allylic oxidation sites excluding steroid dienone is 5. The fourth-order valence-electron chi connectivity index (χ4n) is 24.5. The quantitative estimate of drug-likeness (QED) is 0.0873. The van der Waals surface area contributed by atoms with Crippen molar-refractivity contribution in [2.24, 2.45) is 5.41 Å². The van der Waals surface area contributed by atoms with E-state index in [2.05, 4.69) is 460 Å². The van der Waals surface area contributed by atoms with Gasteiger partial charge in [-0.3, -0.25) is 0 Å². The zero-order valence-electron chi connectivity index (χ0n) is 71.4. The minimum absolute atomic E-state index is 0.0712. The van der Waals surface area contributed by atoms with Crippen molar-refractivity contribution in [1.82, 2.24) is 0 Å². The Hall–Kier alpha value is -14.6. The molecule has 13 aliphatic rings. The Morgan fingerprint density at radius 2 is 0.576 bits per heavy atom. The lowest BCUT2D eigenvalue weighted by Crippen LogP contribution is -2.41. The van der Waals surface area contributed by atoms with Gasteiger partial charge in [-0.15, -0.1) is 11.5 Å². The SMILES string of the molecule is CC1=C[C+](C(C)(C)C)C=C(C)C1=c1c2ccc(C#CC34c5ccccc5C(c5ccccc53)c3ccccc34)cc2c(=C=c2c(C#CC34c5ccccc5C(c5ccccc53)c3ccccc34)cc(C(C)(C)C)cc2=C=CC23c4ccccc4C(c4ccccc42)c2ccccc23)c2cc(C#CC34c5ccccc5C(c5ccccc53)c3ccccc34)ccc12. The predicted molar refractivity (Wildman–Crippen MR) is 510 cm³/mol. The molecule has 0 nitrogen and oxygen atoms in total. The molecule has 13 aliphatic carbocycles. The van der Waals surface area contributed by atoms with E-state index in [0.29, 0.717) is 0 Å². The molecule has 0 amide bonds. The second-order valence-electron chi connectivity index (χ2n) is 38.2. The van der Waals surface area contributed by atoms with Crippen molar-refractivity contribution < 1.29 is 0 Å². The van der Waals surface area contributed by atoms with Gasteiger partial charge in [0.25, 0.3) is 0 Å². The van der Waals surface area contributed by atoms with E-state index in [1.165, 1.54) is 156 Å². The lowest BCUT2D eigenvalue weighted by molar-refractivity contribution is 0.472. The molecule has 0 aromatic heterocycles. The van der Waals surface area contributed by atoms with E-state index in [4.69, 9.17) is 0 Å². The van der Waals surface area contributed by atoms with E-state index in [1.54, 1.807) is 0 Å². The first-order chi connectivity index (χ1) is 61.1. The monoisotopic (exact) mass is 1590 g/mol. The van der Waals surface area contributed by atoms with Gasteiger partial charge in [0.15, 0.2) is 0 Å². The smallest absolute Gasteiger partial charge is 0.107 e. The molecule has 16 aromatic carbocycles. The van der Waals surface area contributed by atoms with E-state index in [0.717, 1.165) is 64.7 Å². The molecule has 0 saturated carbocycles. The van der Waals surface area contributed by atoms with Crippen molar-refractivity contribution in [2.45, 2.75) is 106 Å². The van der Waals surface area contributed by atoms with Gasteiger partial charge in [-0.1, -0.05) is 360 Å². The first-order valence-corrected chi connectivity index (χ1v) is 44.5. The highest BCUT2D eigenvalue weighted by atomic mass is 14.6. The summed E-state index contributed by atoms with van der Waals surface area (Å²) in [5, 5.41) is 8.08. The summed E-state index contributed by atoms with van der Waals surface area (Å²) >= 11 is 0. The van der Waals surface area contributed by atoms with Crippen molar-refractivity contribution in [3.8, 4) is 35.5 Å². The van der Waals surface area contributed by atoms with Crippen LogP contribution in [0.2, 0.25) is 0 Å². The van der Waals surface area contributed by atoms with Crippen molar-refractivity contribution >= 4 is 38.6 Å². The molecule has 8 bridgehead atoms. The molecule has 29 rings (SSSR count). The summed E-state index contributed by atoms with van der Waals surface area (Å²) in [5.74, 6) is 27.0. The Morgan fingerprint density at radius 3 is 0.872 bits per heavy atom. The maximum atomic E-state index is 4.63. The maximum absolute atomic E-state index is 4.63. The average molecular weight is 1590 g/mol. The van der Waals surface area contributed by atoms with Crippen molar-refractivity contribution in [3.63, 3.8) is 0 Å². The van der Waals surface area contributed by atoms with Crippen molar-refractivity contribution in [1.29, 1.82) is 0 Å². The van der Waals surface area contributed by atoms with Crippen LogP contribution in [0.5, 0.6) is 0 Å². The van der Waals surface area contributed by atoms with Gasteiger partial charge in [0, 0.05) is 80.5 Å². The second-order valence-corrected chi connectivity index (χ2v) is 38.2. The Labute approximate surface area is 732 Å². The molecule has 0 heterocycles. The molecule has 0 atom stereocenters. The Balaban J connectivity index is 0.886. The molecule has 0 heteroatoms. The third-order valence-electron chi connectivity index (χ3n) is 29.8. The second kappa shape index (κ2) is 26.4. The summed E-state index contributed by atoms with van der Waals surface area (Å²) in [7, 11) is 0. The van der Waals surface area contributed by atoms with Crippen LogP contribution in [0.15, 0.2) is 369 Å². The molecule has 16 aromatic rings. The lowest BCUT2D eigenvalue weighted by Gasteiger charge is -2.49. The lowest BCUT2D eigenvalue weighted by atomic mass is 9.53.